The molecular weight excluding hydrogens is 424 g/mol. The molecule has 0 aromatic heterocycles. The molecule has 0 saturated carbocycles. The third kappa shape index (κ3) is 8.73. The Morgan fingerprint density at radius 3 is 2.43 bits per heavy atom. The van der Waals surface area contributed by atoms with Gasteiger partial charge < -0.3 is 10.1 Å². The largest absolute Gasteiger partial charge is 0.491 e. The van der Waals surface area contributed by atoms with Crippen LogP contribution in [0.15, 0.2) is 60.7 Å². The summed E-state index contributed by atoms with van der Waals surface area (Å²) in [6, 6.07) is 15.6. The molecule has 0 fully saturated rings. The zero-order valence-electron chi connectivity index (χ0n) is 16.4. The monoisotopic (exact) mass is 448 g/mol. The van der Waals surface area contributed by atoms with E-state index in [1.165, 1.54) is 6.08 Å². The molecule has 1 atom stereocenters. The van der Waals surface area contributed by atoms with Gasteiger partial charge in [-0.25, -0.2) is 8.42 Å². The minimum Gasteiger partial charge on any atom is -0.491 e. The second-order valence-electron chi connectivity index (χ2n) is 6.64. The molecule has 0 radical (unpaired) electrons. The Morgan fingerprint density at radius 1 is 1.17 bits per heavy atom. The number of hydrogen-bond acceptors (Lipinski definition) is 6. The van der Waals surface area contributed by atoms with Crippen LogP contribution in [-0.4, -0.2) is 49.2 Å². The van der Waals surface area contributed by atoms with E-state index < -0.39 is 15.9 Å². The predicted molar refractivity (Wildman–Crippen MR) is 120 cm³/mol. The summed E-state index contributed by atoms with van der Waals surface area (Å²) < 4.78 is 28.8. The Labute approximate surface area is 181 Å². The van der Waals surface area contributed by atoms with Crippen molar-refractivity contribution in [3.05, 3.63) is 71.8 Å². The topological polar surface area (TPSA) is 105 Å². The summed E-state index contributed by atoms with van der Waals surface area (Å²) in [6.45, 7) is 0.0997. The lowest BCUT2D eigenvalue weighted by Gasteiger charge is -2.18. The lowest BCUT2D eigenvalue weighted by Crippen LogP contribution is -2.39. The number of hydrogen-bond donors (Lipinski definition) is 3. The molecule has 160 valence electrons. The molecule has 1 amide bonds. The highest BCUT2D eigenvalue weighted by Crippen LogP contribution is 2.13. The van der Waals surface area contributed by atoms with E-state index in [1.54, 1.807) is 30.3 Å². The molecule has 0 spiro atoms. The number of rotatable bonds is 10. The van der Waals surface area contributed by atoms with Crippen molar-refractivity contribution >= 4 is 39.0 Å². The number of thiocarbonyl (C=S) groups is 1. The van der Waals surface area contributed by atoms with Crippen LogP contribution < -0.4 is 15.5 Å². The maximum Gasteiger partial charge on any atom is 0.244 e. The van der Waals surface area contributed by atoms with Gasteiger partial charge in [0.05, 0.1) is 11.8 Å². The molecule has 0 aliphatic carbocycles. The smallest absolute Gasteiger partial charge is 0.244 e. The van der Waals surface area contributed by atoms with Crippen LogP contribution in [-0.2, 0) is 14.6 Å². The Balaban J connectivity index is 1.98. The molecule has 0 aliphatic heterocycles. The van der Waals surface area contributed by atoms with Crippen LogP contribution in [0.3, 0.4) is 0 Å². The van der Waals surface area contributed by atoms with Crippen LogP contribution in [0.1, 0.15) is 17.5 Å². The van der Waals surface area contributed by atoms with E-state index in [4.69, 9.17) is 22.2 Å². The van der Waals surface area contributed by atoms with Crippen molar-refractivity contribution in [3.8, 4) is 5.75 Å². The molecule has 0 aliphatic rings. The van der Waals surface area contributed by atoms with E-state index in [0.717, 1.165) is 11.8 Å². The fraction of sp³-hybridized carbons (Fsp3) is 0.238. The van der Waals surface area contributed by atoms with Crippen molar-refractivity contribution in [2.75, 3.05) is 18.6 Å². The van der Waals surface area contributed by atoms with Crippen LogP contribution in [0.5, 0.6) is 5.75 Å². The van der Waals surface area contributed by atoms with Gasteiger partial charge in [-0.3, -0.25) is 15.5 Å². The summed E-state index contributed by atoms with van der Waals surface area (Å²) in [5, 5.41) is 11.6. The maximum absolute atomic E-state index is 12.3. The highest BCUT2D eigenvalue weighted by atomic mass is 32.2. The van der Waals surface area contributed by atoms with Gasteiger partial charge in [-0.15, -0.1) is 0 Å². The van der Waals surface area contributed by atoms with Crippen molar-refractivity contribution in [2.24, 2.45) is 0 Å². The molecule has 9 heteroatoms. The highest BCUT2D eigenvalue weighted by molar-refractivity contribution is 7.90. The van der Waals surface area contributed by atoms with Gasteiger partial charge in [0.2, 0.25) is 5.91 Å². The fourth-order valence-electron chi connectivity index (χ4n) is 2.50. The lowest BCUT2D eigenvalue weighted by molar-refractivity contribution is -0.117. The Hall–Kier alpha value is -2.75. The van der Waals surface area contributed by atoms with Crippen LogP contribution in [0.25, 0.3) is 6.08 Å². The van der Waals surface area contributed by atoms with Crippen LogP contribution in [0.2, 0.25) is 0 Å². The molecule has 30 heavy (non-hydrogen) atoms. The van der Waals surface area contributed by atoms with Gasteiger partial charge in [0.15, 0.2) is 0 Å². The summed E-state index contributed by atoms with van der Waals surface area (Å²) in [5.41, 5.74) is 3.41. The van der Waals surface area contributed by atoms with Gasteiger partial charge in [-0.2, -0.15) is 0 Å². The van der Waals surface area contributed by atoms with Crippen molar-refractivity contribution in [3.63, 3.8) is 0 Å². The van der Waals surface area contributed by atoms with E-state index >= 15 is 0 Å². The third-order valence-corrected chi connectivity index (χ3v) is 5.38. The second kappa shape index (κ2) is 11.4. The minimum atomic E-state index is -3.18. The summed E-state index contributed by atoms with van der Waals surface area (Å²) in [6.07, 6.45) is 4.46. The van der Waals surface area contributed by atoms with Gasteiger partial charge in [0.1, 0.15) is 27.2 Å². The van der Waals surface area contributed by atoms with Crippen molar-refractivity contribution < 1.29 is 23.2 Å². The number of nitrogens with one attached hydrogen (secondary N) is 2. The molecule has 7 nitrogen and oxygen atoms in total. The summed E-state index contributed by atoms with van der Waals surface area (Å²) in [7, 11) is -3.18. The SMILES string of the molecule is CS(=O)(=O)CC[C@@H](COc1ccc(C(=S)NO)cc1)NC(=O)C=Cc1ccccc1. The zero-order chi connectivity index (χ0) is 22.0. The van der Waals surface area contributed by atoms with Gasteiger partial charge in [-0.05, 0) is 42.3 Å². The molecular formula is C21H24N2O5S2. The zero-order valence-corrected chi connectivity index (χ0v) is 18.1. The normalized spacial score (nSPS) is 12.3. The van der Waals surface area contributed by atoms with Gasteiger partial charge in [0, 0.05) is 17.9 Å². The Bertz CT molecular complexity index is 974. The summed E-state index contributed by atoms with van der Waals surface area (Å²) >= 11 is 4.94. The first-order valence-corrected chi connectivity index (χ1v) is 11.6. The average Bonchev–Trinajstić information content (AvgIpc) is 2.74. The Morgan fingerprint density at radius 2 is 1.83 bits per heavy atom. The number of sulfone groups is 1. The first kappa shape index (κ1) is 23.5. The number of carbonyl (C=O) groups excluding carboxylic acids is 1. The lowest BCUT2D eigenvalue weighted by atomic mass is 10.2. The predicted octanol–water partition coefficient (Wildman–Crippen LogP) is 2.35. The van der Waals surface area contributed by atoms with E-state index in [-0.39, 0.29) is 29.7 Å². The van der Waals surface area contributed by atoms with Gasteiger partial charge in [-0.1, -0.05) is 42.5 Å². The van der Waals surface area contributed by atoms with Gasteiger partial charge in [0.25, 0.3) is 0 Å². The third-order valence-electron chi connectivity index (χ3n) is 4.08. The molecule has 2 rings (SSSR count). The maximum atomic E-state index is 12.3. The molecule has 3 N–H and O–H groups in total. The molecule has 0 bridgehead atoms. The molecule has 0 unspecified atom stereocenters. The molecule has 2 aromatic rings. The summed E-state index contributed by atoms with van der Waals surface area (Å²) in [4.78, 5) is 12.5. The van der Waals surface area contributed by atoms with Crippen LogP contribution in [0, 0.1) is 0 Å². The highest BCUT2D eigenvalue weighted by Gasteiger charge is 2.15. The van der Waals surface area contributed by atoms with Crippen LogP contribution in [0.4, 0.5) is 0 Å². The quantitative estimate of drug-likeness (QED) is 0.291. The number of ether oxygens (including phenoxy) is 1. The molecule has 2 aromatic carbocycles. The van der Waals surface area contributed by atoms with E-state index in [2.05, 4.69) is 5.32 Å². The van der Waals surface area contributed by atoms with Crippen molar-refractivity contribution in [1.29, 1.82) is 0 Å². The first-order chi connectivity index (χ1) is 14.3. The first-order valence-electron chi connectivity index (χ1n) is 9.15. The Kier molecular flexibility index (Phi) is 8.97. The van der Waals surface area contributed by atoms with Crippen LogP contribution >= 0.6 is 12.2 Å². The van der Waals surface area contributed by atoms with E-state index in [0.29, 0.717) is 11.3 Å². The number of hydroxylamine groups is 1. The van der Waals surface area contributed by atoms with Crippen molar-refractivity contribution in [1.82, 2.24) is 10.8 Å². The minimum absolute atomic E-state index is 0.0704. The summed E-state index contributed by atoms with van der Waals surface area (Å²) in [5.74, 6) is 0.118. The molecule has 0 heterocycles. The number of amides is 1. The van der Waals surface area contributed by atoms with E-state index in [1.807, 2.05) is 35.8 Å². The fourth-order valence-corrected chi connectivity index (χ4v) is 3.35. The van der Waals surface area contributed by atoms with Crippen molar-refractivity contribution in [2.45, 2.75) is 12.5 Å². The standard InChI is InChI=1S/C21H24N2O5S2/c1-30(26,27)14-13-18(22-20(24)12-7-16-5-3-2-4-6-16)15-28-19-10-8-17(9-11-19)21(29)23-25/h2-12,18,25H,13-15H2,1H3,(H,22,24)(H,23,29)/t18-/m0/s1. The van der Waals surface area contributed by atoms with E-state index in [9.17, 15) is 13.2 Å². The number of carbonyl (C=O) groups is 1. The van der Waals surface area contributed by atoms with Gasteiger partial charge >= 0.3 is 0 Å². The average molecular weight is 449 g/mol. The number of benzene rings is 2. The molecule has 0 saturated heterocycles. The second-order valence-corrected chi connectivity index (χ2v) is 9.31.